The van der Waals surface area contributed by atoms with Crippen molar-refractivity contribution in [3.63, 3.8) is 0 Å². The van der Waals surface area contributed by atoms with Crippen molar-refractivity contribution in [1.82, 2.24) is 4.90 Å². The molecule has 0 unspecified atom stereocenters. The van der Waals surface area contributed by atoms with E-state index in [9.17, 15) is 19.2 Å². The van der Waals surface area contributed by atoms with Gasteiger partial charge < -0.3 is 14.5 Å². The monoisotopic (exact) mass is 402 g/mol. The smallest absolute Gasteiger partial charge is 0.330 e. The summed E-state index contributed by atoms with van der Waals surface area (Å²) in [4.78, 5) is 52.0. The van der Waals surface area contributed by atoms with Crippen LogP contribution in [0.25, 0.3) is 0 Å². The summed E-state index contributed by atoms with van der Waals surface area (Å²) < 4.78 is 5.25. The molecule has 0 aliphatic carbocycles. The number of hydrogen-bond acceptors (Lipinski definition) is 6. The lowest BCUT2D eigenvalue weighted by atomic mass is 10.1. The first-order chi connectivity index (χ1) is 13.4. The van der Waals surface area contributed by atoms with E-state index in [1.165, 1.54) is 0 Å². The quantitative estimate of drug-likeness (QED) is 0.553. The molecule has 0 spiro atoms. The van der Waals surface area contributed by atoms with Crippen LogP contribution in [0.3, 0.4) is 0 Å². The summed E-state index contributed by atoms with van der Waals surface area (Å²) >= 11 is 1.58. The van der Waals surface area contributed by atoms with Crippen LogP contribution in [0.15, 0.2) is 24.3 Å². The molecule has 1 aromatic carbocycles. The van der Waals surface area contributed by atoms with Crippen LogP contribution in [0, 0.1) is 0 Å². The third-order valence-corrected chi connectivity index (χ3v) is 7.12. The fourth-order valence-corrected chi connectivity index (χ4v) is 5.50. The highest BCUT2D eigenvalue weighted by atomic mass is 32.2. The first-order valence-electron chi connectivity index (χ1n) is 9.45. The fraction of sp³-hybridized carbons (Fsp3) is 0.500. The summed E-state index contributed by atoms with van der Waals surface area (Å²) in [6, 6.07) is 6.18. The van der Waals surface area contributed by atoms with E-state index in [-0.39, 0.29) is 29.1 Å². The van der Waals surface area contributed by atoms with Crippen LogP contribution in [0.4, 0.5) is 5.69 Å². The number of thioether (sulfide) groups is 1. The van der Waals surface area contributed by atoms with Gasteiger partial charge in [0.05, 0.1) is 4.87 Å². The van der Waals surface area contributed by atoms with E-state index in [1.807, 2.05) is 6.92 Å². The highest BCUT2D eigenvalue weighted by Gasteiger charge is 2.53. The van der Waals surface area contributed by atoms with Crippen molar-refractivity contribution < 1.29 is 23.9 Å². The molecule has 2 amide bonds. The zero-order valence-electron chi connectivity index (χ0n) is 15.7. The first-order valence-corrected chi connectivity index (χ1v) is 10.4. The van der Waals surface area contributed by atoms with E-state index in [0.717, 1.165) is 12.8 Å². The highest BCUT2D eigenvalue weighted by Crippen LogP contribution is 2.47. The molecule has 3 fully saturated rings. The maximum Gasteiger partial charge on any atom is 0.330 e. The molecule has 3 heterocycles. The summed E-state index contributed by atoms with van der Waals surface area (Å²) in [6.45, 7) is 2.23. The molecular weight excluding hydrogens is 380 g/mol. The zero-order valence-corrected chi connectivity index (χ0v) is 16.5. The number of esters is 1. The van der Waals surface area contributed by atoms with Gasteiger partial charge >= 0.3 is 5.97 Å². The van der Waals surface area contributed by atoms with Crippen LogP contribution in [-0.2, 0) is 19.1 Å². The van der Waals surface area contributed by atoms with Crippen LogP contribution < -0.4 is 4.90 Å². The minimum Gasteiger partial charge on any atom is -0.456 e. The molecule has 0 saturated carbocycles. The van der Waals surface area contributed by atoms with Gasteiger partial charge in [0.1, 0.15) is 6.04 Å². The molecule has 7 nitrogen and oxygen atoms in total. The van der Waals surface area contributed by atoms with E-state index in [1.54, 1.807) is 45.8 Å². The molecule has 3 saturated heterocycles. The average Bonchev–Trinajstić information content (AvgIpc) is 3.35. The fourth-order valence-electron chi connectivity index (χ4n) is 4.08. The second-order valence-corrected chi connectivity index (χ2v) is 9.00. The van der Waals surface area contributed by atoms with Crippen LogP contribution in [-0.4, -0.2) is 58.3 Å². The van der Waals surface area contributed by atoms with Crippen molar-refractivity contribution in [3.8, 4) is 0 Å². The molecule has 0 radical (unpaired) electrons. The Morgan fingerprint density at radius 3 is 2.82 bits per heavy atom. The Morgan fingerprint density at radius 1 is 1.25 bits per heavy atom. The molecule has 0 bridgehead atoms. The number of carbonyl (C=O) groups excluding carboxylic acids is 4. The van der Waals surface area contributed by atoms with E-state index in [4.69, 9.17) is 4.74 Å². The molecular formula is C20H22N2O5S. The number of carbonyl (C=O) groups is 4. The van der Waals surface area contributed by atoms with Crippen molar-refractivity contribution >= 4 is 41.0 Å². The number of ketones is 1. The second-order valence-electron chi connectivity index (χ2n) is 7.50. The third kappa shape index (κ3) is 3.30. The van der Waals surface area contributed by atoms with E-state index < -0.39 is 12.0 Å². The van der Waals surface area contributed by atoms with Gasteiger partial charge in [-0.05, 0) is 31.9 Å². The SMILES string of the molecule is C[C@@]12CCC(=O)N1[C@H](C(=O)OCC(=O)c1cccc(N3CCCC3=O)c1)CS2. The van der Waals surface area contributed by atoms with Gasteiger partial charge in [-0.15, -0.1) is 11.8 Å². The molecule has 148 valence electrons. The normalized spacial score (nSPS) is 26.7. The maximum absolute atomic E-state index is 12.5. The summed E-state index contributed by atoms with van der Waals surface area (Å²) in [5, 5.41) is 0. The Labute approximate surface area is 167 Å². The topological polar surface area (TPSA) is 84.0 Å². The summed E-state index contributed by atoms with van der Waals surface area (Å²) in [5.41, 5.74) is 1.08. The lowest BCUT2D eigenvalue weighted by molar-refractivity contribution is -0.152. The minimum absolute atomic E-state index is 0.0382. The Morgan fingerprint density at radius 2 is 2.07 bits per heavy atom. The summed E-state index contributed by atoms with van der Waals surface area (Å²) in [6.07, 6.45) is 2.49. The lowest BCUT2D eigenvalue weighted by Crippen LogP contribution is -2.46. The van der Waals surface area contributed by atoms with Gasteiger partial charge in [0.15, 0.2) is 12.4 Å². The van der Waals surface area contributed by atoms with E-state index >= 15 is 0 Å². The molecule has 0 aromatic heterocycles. The van der Waals surface area contributed by atoms with Gasteiger partial charge in [-0.1, -0.05) is 12.1 Å². The molecule has 0 N–H and O–H groups in total. The third-order valence-electron chi connectivity index (χ3n) is 5.62. The largest absolute Gasteiger partial charge is 0.456 e. The number of anilines is 1. The van der Waals surface area contributed by atoms with Gasteiger partial charge in [-0.3, -0.25) is 14.4 Å². The maximum atomic E-state index is 12.5. The Balaban J connectivity index is 1.39. The summed E-state index contributed by atoms with van der Waals surface area (Å²) in [5.74, 6) is -0.368. The molecule has 8 heteroatoms. The van der Waals surface area contributed by atoms with Crippen LogP contribution in [0.2, 0.25) is 0 Å². The number of Topliss-reactive ketones (excluding diaryl/α,β-unsaturated/α-hetero) is 1. The van der Waals surface area contributed by atoms with Gasteiger partial charge in [0, 0.05) is 36.4 Å². The number of rotatable bonds is 5. The standard InChI is InChI=1S/C20H22N2O5S/c1-20-8-7-18(25)22(20)15(12-28-20)19(26)27-11-16(23)13-4-2-5-14(10-13)21-9-3-6-17(21)24/h2,4-5,10,15H,3,6-9,11-12H2,1H3/t15-,20+/m0/s1. The lowest BCUT2D eigenvalue weighted by Gasteiger charge is -2.29. The Bertz CT molecular complexity index is 857. The zero-order chi connectivity index (χ0) is 19.9. The number of hydrogen-bond donors (Lipinski definition) is 0. The molecule has 3 aliphatic heterocycles. The predicted octanol–water partition coefficient (Wildman–Crippen LogP) is 1.99. The van der Waals surface area contributed by atoms with Crippen LogP contribution >= 0.6 is 11.8 Å². The number of fused-ring (bicyclic) bond motifs is 1. The van der Waals surface area contributed by atoms with Crippen molar-refractivity contribution in [2.24, 2.45) is 0 Å². The first kappa shape index (κ1) is 19.0. The molecule has 4 rings (SSSR count). The predicted molar refractivity (Wildman–Crippen MR) is 104 cm³/mol. The molecule has 2 atom stereocenters. The average molecular weight is 402 g/mol. The van der Waals surface area contributed by atoms with Crippen molar-refractivity contribution in [3.05, 3.63) is 29.8 Å². The number of benzene rings is 1. The molecule has 3 aliphatic rings. The van der Waals surface area contributed by atoms with Gasteiger partial charge in [-0.2, -0.15) is 0 Å². The highest BCUT2D eigenvalue weighted by molar-refractivity contribution is 8.01. The van der Waals surface area contributed by atoms with Gasteiger partial charge in [0.2, 0.25) is 11.8 Å². The number of nitrogens with zero attached hydrogens (tertiary/aromatic N) is 2. The summed E-state index contributed by atoms with van der Waals surface area (Å²) in [7, 11) is 0. The Kier molecular flexibility index (Phi) is 4.91. The number of amides is 2. The van der Waals surface area contributed by atoms with Gasteiger partial charge in [-0.25, -0.2) is 4.79 Å². The van der Waals surface area contributed by atoms with Crippen molar-refractivity contribution in [1.29, 1.82) is 0 Å². The minimum atomic E-state index is -0.633. The second kappa shape index (κ2) is 7.24. The Hall–Kier alpha value is -2.35. The molecule has 28 heavy (non-hydrogen) atoms. The number of ether oxygens (including phenoxy) is 1. The molecule has 1 aromatic rings. The van der Waals surface area contributed by atoms with E-state index in [2.05, 4.69) is 0 Å². The van der Waals surface area contributed by atoms with Crippen molar-refractivity contribution in [2.75, 3.05) is 23.8 Å². The van der Waals surface area contributed by atoms with Gasteiger partial charge in [0.25, 0.3) is 0 Å². The van der Waals surface area contributed by atoms with Crippen molar-refractivity contribution in [2.45, 2.75) is 43.5 Å². The van der Waals surface area contributed by atoms with Crippen LogP contribution in [0.5, 0.6) is 0 Å². The van der Waals surface area contributed by atoms with E-state index in [0.29, 0.717) is 36.4 Å². The van der Waals surface area contributed by atoms with Crippen LogP contribution in [0.1, 0.15) is 43.0 Å².